The lowest BCUT2D eigenvalue weighted by molar-refractivity contribution is 0.0869. The third kappa shape index (κ3) is 4.07. The van der Waals surface area contributed by atoms with Gasteiger partial charge in [-0.05, 0) is 43.7 Å². The molecule has 0 spiro atoms. The summed E-state index contributed by atoms with van der Waals surface area (Å²) in [6, 6.07) is 7.37. The number of ketones is 1. The van der Waals surface area contributed by atoms with E-state index in [1.807, 2.05) is 18.2 Å². The molecule has 0 N–H and O–H groups in total. The van der Waals surface area contributed by atoms with Gasteiger partial charge in [-0.25, -0.2) is 0 Å². The second-order valence-electron chi connectivity index (χ2n) is 5.73. The molecule has 0 atom stereocenters. The van der Waals surface area contributed by atoms with Crippen molar-refractivity contribution < 1.29 is 4.79 Å². The summed E-state index contributed by atoms with van der Waals surface area (Å²) in [5.41, 5.74) is 0.782. The summed E-state index contributed by atoms with van der Waals surface area (Å²) in [5.74, 6) is 1.36. The van der Waals surface area contributed by atoms with Crippen molar-refractivity contribution in [3.05, 3.63) is 34.9 Å². The molecule has 0 bridgehead atoms. The molecule has 1 aliphatic carbocycles. The zero-order valence-corrected chi connectivity index (χ0v) is 12.5. The molecule has 1 nitrogen and oxygen atoms in total. The molecule has 19 heavy (non-hydrogen) atoms. The van der Waals surface area contributed by atoms with E-state index in [1.54, 1.807) is 6.07 Å². The highest BCUT2D eigenvalue weighted by Crippen LogP contribution is 2.33. The summed E-state index contributed by atoms with van der Waals surface area (Å²) in [7, 11) is 0. The molecule has 2 rings (SSSR count). The van der Waals surface area contributed by atoms with Crippen LogP contribution >= 0.6 is 11.6 Å². The third-order valence-electron chi connectivity index (χ3n) is 4.29. The minimum atomic E-state index is 0.219. The number of hydrogen-bond acceptors (Lipinski definition) is 1. The lowest BCUT2D eigenvalue weighted by Crippen LogP contribution is -2.22. The summed E-state index contributed by atoms with van der Waals surface area (Å²) in [6.07, 6.45) is 8.50. The minimum absolute atomic E-state index is 0.219. The molecule has 104 valence electrons. The van der Waals surface area contributed by atoms with Crippen LogP contribution in [0.25, 0.3) is 0 Å². The number of rotatable bonds is 5. The fourth-order valence-corrected chi connectivity index (χ4v) is 3.27. The van der Waals surface area contributed by atoms with E-state index >= 15 is 0 Å². The predicted octanol–water partition coefficient (Wildman–Crippen LogP) is 5.52. The average molecular weight is 279 g/mol. The number of unbranched alkanes of at least 4 members (excludes halogenated alkanes) is 1. The first-order chi connectivity index (χ1) is 9.20. The Kier molecular flexibility index (Phi) is 5.45. The van der Waals surface area contributed by atoms with Gasteiger partial charge in [0.1, 0.15) is 0 Å². The standard InChI is InChI=1S/C17H23ClO/c1-2-3-5-13-8-10-14(11-9-13)17(19)15-6-4-7-16(18)12-15/h4,6-7,12-14H,2-3,5,8-11H2,1H3. The Morgan fingerprint density at radius 2 is 2.00 bits per heavy atom. The van der Waals surface area contributed by atoms with Gasteiger partial charge in [-0.15, -0.1) is 0 Å². The van der Waals surface area contributed by atoms with E-state index < -0.39 is 0 Å². The maximum Gasteiger partial charge on any atom is 0.165 e. The summed E-state index contributed by atoms with van der Waals surface area (Å²) in [4.78, 5) is 12.4. The first kappa shape index (κ1) is 14.6. The Bertz CT molecular complexity index is 419. The van der Waals surface area contributed by atoms with Crippen molar-refractivity contribution in [1.29, 1.82) is 0 Å². The van der Waals surface area contributed by atoms with E-state index in [0.717, 1.165) is 24.3 Å². The van der Waals surface area contributed by atoms with Crippen LogP contribution in [0.5, 0.6) is 0 Å². The molecule has 1 aliphatic rings. The van der Waals surface area contributed by atoms with Crippen LogP contribution in [0.1, 0.15) is 62.2 Å². The predicted molar refractivity (Wildman–Crippen MR) is 80.8 cm³/mol. The van der Waals surface area contributed by atoms with E-state index in [-0.39, 0.29) is 11.7 Å². The maximum atomic E-state index is 12.4. The molecule has 0 heterocycles. The number of halogens is 1. The zero-order valence-electron chi connectivity index (χ0n) is 11.7. The normalized spacial score (nSPS) is 23.3. The molecule has 0 aliphatic heterocycles. The highest BCUT2D eigenvalue weighted by Gasteiger charge is 2.26. The van der Waals surface area contributed by atoms with Crippen LogP contribution in [-0.2, 0) is 0 Å². The van der Waals surface area contributed by atoms with Gasteiger partial charge >= 0.3 is 0 Å². The van der Waals surface area contributed by atoms with Crippen molar-refractivity contribution in [2.24, 2.45) is 11.8 Å². The van der Waals surface area contributed by atoms with Crippen molar-refractivity contribution in [2.75, 3.05) is 0 Å². The van der Waals surface area contributed by atoms with Crippen molar-refractivity contribution in [3.8, 4) is 0 Å². The molecular weight excluding hydrogens is 256 g/mol. The number of carbonyl (C=O) groups is 1. The minimum Gasteiger partial charge on any atom is -0.294 e. The Morgan fingerprint density at radius 3 is 2.63 bits per heavy atom. The fourth-order valence-electron chi connectivity index (χ4n) is 3.08. The SMILES string of the molecule is CCCCC1CCC(C(=O)c2cccc(Cl)c2)CC1. The summed E-state index contributed by atoms with van der Waals surface area (Å²) in [5, 5.41) is 0.655. The second kappa shape index (κ2) is 7.09. The molecule has 1 saturated carbocycles. The monoisotopic (exact) mass is 278 g/mol. The number of carbonyl (C=O) groups excluding carboxylic acids is 1. The largest absolute Gasteiger partial charge is 0.294 e. The van der Waals surface area contributed by atoms with Crippen LogP contribution in [0, 0.1) is 11.8 Å². The first-order valence-corrected chi connectivity index (χ1v) is 7.88. The van der Waals surface area contributed by atoms with Crippen LogP contribution in [0.15, 0.2) is 24.3 Å². The van der Waals surface area contributed by atoms with Crippen LogP contribution in [0.2, 0.25) is 5.02 Å². The zero-order chi connectivity index (χ0) is 13.7. The van der Waals surface area contributed by atoms with E-state index in [9.17, 15) is 4.79 Å². The summed E-state index contributed by atoms with van der Waals surface area (Å²) >= 11 is 5.96. The smallest absolute Gasteiger partial charge is 0.165 e. The van der Waals surface area contributed by atoms with Crippen molar-refractivity contribution in [3.63, 3.8) is 0 Å². The Balaban J connectivity index is 1.89. The Hall–Kier alpha value is -0.820. The van der Waals surface area contributed by atoms with Crippen LogP contribution in [0.4, 0.5) is 0 Å². The molecule has 0 saturated heterocycles. The Labute approximate surface area is 121 Å². The van der Waals surface area contributed by atoms with Gasteiger partial charge in [0.2, 0.25) is 0 Å². The van der Waals surface area contributed by atoms with E-state index in [2.05, 4.69) is 6.92 Å². The van der Waals surface area contributed by atoms with Crippen LogP contribution < -0.4 is 0 Å². The van der Waals surface area contributed by atoms with Crippen molar-refractivity contribution in [1.82, 2.24) is 0 Å². The molecule has 2 heteroatoms. The summed E-state index contributed by atoms with van der Waals surface area (Å²) in [6.45, 7) is 2.24. The van der Waals surface area contributed by atoms with Crippen LogP contribution in [-0.4, -0.2) is 5.78 Å². The quantitative estimate of drug-likeness (QED) is 0.648. The number of Topliss-reactive ketones (excluding diaryl/α,β-unsaturated/α-hetero) is 1. The lowest BCUT2D eigenvalue weighted by Gasteiger charge is -2.27. The van der Waals surface area contributed by atoms with Gasteiger partial charge in [-0.2, -0.15) is 0 Å². The highest BCUT2D eigenvalue weighted by molar-refractivity contribution is 6.31. The molecule has 0 unspecified atom stereocenters. The topological polar surface area (TPSA) is 17.1 Å². The van der Waals surface area contributed by atoms with Gasteiger partial charge < -0.3 is 0 Å². The molecule has 1 aromatic rings. The molecule has 0 amide bonds. The maximum absolute atomic E-state index is 12.4. The molecule has 0 radical (unpaired) electrons. The molecule has 1 fully saturated rings. The van der Waals surface area contributed by atoms with Crippen molar-refractivity contribution in [2.45, 2.75) is 51.9 Å². The van der Waals surface area contributed by atoms with Gasteiger partial charge in [-0.3, -0.25) is 4.79 Å². The lowest BCUT2D eigenvalue weighted by atomic mass is 9.77. The average Bonchev–Trinajstić information content (AvgIpc) is 2.45. The molecular formula is C17H23ClO. The van der Waals surface area contributed by atoms with Crippen molar-refractivity contribution >= 4 is 17.4 Å². The van der Waals surface area contributed by atoms with Gasteiger partial charge in [0, 0.05) is 16.5 Å². The number of hydrogen-bond donors (Lipinski definition) is 0. The van der Waals surface area contributed by atoms with Gasteiger partial charge in [0.15, 0.2) is 5.78 Å². The molecule has 0 aromatic heterocycles. The third-order valence-corrected chi connectivity index (χ3v) is 4.53. The van der Waals surface area contributed by atoms with E-state index in [0.29, 0.717) is 5.02 Å². The molecule has 1 aromatic carbocycles. The fraction of sp³-hybridized carbons (Fsp3) is 0.588. The van der Waals surface area contributed by atoms with E-state index in [4.69, 9.17) is 11.6 Å². The first-order valence-electron chi connectivity index (χ1n) is 7.50. The summed E-state index contributed by atoms with van der Waals surface area (Å²) < 4.78 is 0. The van der Waals surface area contributed by atoms with Crippen LogP contribution in [0.3, 0.4) is 0 Å². The Morgan fingerprint density at radius 1 is 1.26 bits per heavy atom. The second-order valence-corrected chi connectivity index (χ2v) is 6.17. The van der Waals surface area contributed by atoms with E-state index in [1.165, 1.54) is 32.1 Å². The number of benzene rings is 1. The van der Waals surface area contributed by atoms with Gasteiger partial charge in [-0.1, -0.05) is 49.9 Å². The van der Waals surface area contributed by atoms with Gasteiger partial charge in [0.25, 0.3) is 0 Å². The highest BCUT2D eigenvalue weighted by atomic mass is 35.5. The van der Waals surface area contributed by atoms with Gasteiger partial charge in [0.05, 0.1) is 0 Å².